The largest absolute Gasteiger partial charge is 0.497 e. The third kappa shape index (κ3) is 6.94. The lowest BCUT2D eigenvalue weighted by molar-refractivity contribution is 0.223. The number of nitrogens with zero attached hydrogens (tertiary/aromatic N) is 3. The van der Waals surface area contributed by atoms with Crippen LogP contribution >= 0.6 is 24.0 Å². The predicted octanol–water partition coefficient (Wildman–Crippen LogP) is 3.63. The van der Waals surface area contributed by atoms with E-state index in [2.05, 4.69) is 20.7 Å². The molecule has 0 saturated carbocycles. The second kappa shape index (κ2) is 12.1. The van der Waals surface area contributed by atoms with Gasteiger partial charge < -0.3 is 20.1 Å². The molecule has 0 radical (unpaired) electrons. The van der Waals surface area contributed by atoms with E-state index in [-0.39, 0.29) is 30.1 Å². The highest BCUT2D eigenvalue weighted by molar-refractivity contribution is 14.0. The fourth-order valence-electron chi connectivity index (χ4n) is 2.76. The molecule has 160 valence electrons. The van der Waals surface area contributed by atoms with E-state index < -0.39 is 0 Å². The van der Waals surface area contributed by atoms with Gasteiger partial charge in [-0.15, -0.1) is 24.0 Å². The summed E-state index contributed by atoms with van der Waals surface area (Å²) in [4.78, 5) is 4.26. The minimum atomic E-state index is -0.0436. The van der Waals surface area contributed by atoms with Crippen LogP contribution in [0.15, 0.2) is 71.9 Å². The van der Waals surface area contributed by atoms with Crippen LogP contribution in [0.5, 0.6) is 11.5 Å². The van der Waals surface area contributed by atoms with Crippen LogP contribution in [0.25, 0.3) is 5.69 Å². The Kier molecular flexibility index (Phi) is 9.46. The maximum absolute atomic E-state index is 5.93. The van der Waals surface area contributed by atoms with Gasteiger partial charge in [-0.25, -0.2) is 4.68 Å². The van der Waals surface area contributed by atoms with Gasteiger partial charge in [-0.1, -0.05) is 24.3 Å². The molecule has 0 aliphatic heterocycles. The minimum absolute atomic E-state index is 0. The highest BCUT2D eigenvalue weighted by atomic mass is 127. The van der Waals surface area contributed by atoms with Gasteiger partial charge in [0.15, 0.2) is 5.96 Å². The van der Waals surface area contributed by atoms with Crippen molar-refractivity contribution in [3.63, 3.8) is 0 Å². The standard InChI is InChI=1S/C22H27N5O2.HI/c1-17(29-21-11-7-10-20(14-21)28-3)15-24-22(23-2)25-16-18-12-13-27(26-18)19-8-5-4-6-9-19;/h4-14,17H,15-16H2,1-3H3,(H2,23,24,25);1H. The minimum Gasteiger partial charge on any atom is -0.497 e. The number of hydrogen-bond donors (Lipinski definition) is 2. The molecule has 1 atom stereocenters. The molecule has 0 bridgehead atoms. The van der Waals surface area contributed by atoms with Crippen LogP contribution in [0.4, 0.5) is 0 Å². The second-order valence-corrected chi connectivity index (χ2v) is 6.50. The highest BCUT2D eigenvalue weighted by Crippen LogP contribution is 2.19. The Labute approximate surface area is 194 Å². The molecule has 2 aromatic carbocycles. The van der Waals surface area contributed by atoms with Gasteiger partial charge in [-0.05, 0) is 37.3 Å². The molecule has 3 aromatic rings. The Bertz CT molecular complexity index is 930. The Morgan fingerprint density at radius 2 is 1.83 bits per heavy atom. The number of halogens is 1. The fraction of sp³-hybridized carbons (Fsp3) is 0.273. The topological polar surface area (TPSA) is 72.7 Å². The molecule has 0 saturated heterocycles. The maximum Gasteiger partial charge on any atom is 0.191 e. The van der Waals surface area contributed by atoms with Crippen LogP contribution in [0.1, 0.15) is 12.6 Å². The third-order valence-corrected chi connectivity index (χ3v) is 4.26. The van der Waals surface area contributed by atoms with Gasteiger partial charge in [0.1, 0.15) is 17.6 Å². The van der Waals surface area contributed by atoms with Crippen LogP contribution in [-0.2, 0) is 6.54 Å². The molecule has 0 amide bonds. The average Bonchev–Trinajstić information content (AvgIpc) is 3.24. The van der Waals surface area contributed by atoms with E-state index in [0.29, 0.717) is 19.0 Å². The van der Waals surface area contributed by atoms with Crippen molar-refractivity contribution >= 4 is 29.9 Å². The number of ether oxygens (including phenoxy) is 2. The Morgan fingerprint density at radius 3 is 2.57 bits per heavy atom. The van der Waals surface area contributed by atoms with Gasteiger partial charge in [-0.3, -0.25) is 4.99 Å². The molecule has 30 heavy (non-hydrogen) atoms. The number of para-hydroxylation sites is 1. The van der Waals surface area contributed by atoms with Crippen LogP contribution in [-0.4, -0.2) is 42.5 Å². The molecule has 8 heteroatoms. The van der Waals surface area contributed by atoms with Gasteiger partial charge in [0.25, 0.3) is 0 Å². The summed E-state index contributed by atoms with van der Waals surface area (Å²) in [6.07, 6.45) is 1.91. The zero-order chi connectivity index (χ0) is 20.5. The van der Waals surface area contributed by atoms with Crippen molar-refractivity contribution in [1.82, 2.24) is 20.4 Å². The van der Waals surface area contributed by atoms with Gasteiger partial charge in [0.05, 0.1) is 31.6 Å². The Balaban J connectivity index is 0.00000320. The number of hydrogen-bond acceptors (Lipinski definition) is 4. The number of guanidine groups is 1. The average molecular weight is 521 g/mol. The number of methoxy groups -OCH3 is 1. The fourth-order valence-corrected chi connectivity index (χ4v) is 2.76. The SMILES string of the molecule is CN=C(NCc1ccn(-c2ccccc2)n1)NCC(C)Oc1cccc(OC)c1.I. The molecule has 0 aliphatic carbocycles. The molecule has 1 unspecified atom stereocenters. The van der Waals surface area contributed by atoms with Crippen molar-refractivity contribution in [3.8, 4) is 17.2 Å². The summed E-state index contributed by atoms with van der Waals surface area (Å²) in [5.74, 6) is 2.24. The van der Waals surface area contributed by atoms with E-state index in [1.807, 2.05) is 78.5 Å². The van der Waals surface area contributed by atoms with Crippen LogP contribution in [0, 0.1) is 0 Å². The first kappa shape index (κ1) is 23.5. The summed E-state index contributed by atoms with van der Waals surface area (Å²) in [5, 5.41) is 11.1. The van der Waals surface area contributed by atoms with E-state index in [1.54, 1.807) is 14.2 Å². The van der Waals surface area contributed by atoms with Gasteiger partial charge in [0.2, 0.25) is 0 Å². The van der Waals surface area contributed by atoms with Crippen molar-refractivity contribution in [2.24, 2.45) is 4.99 Å². The lowest BCUT2D eigenvalue weighted by Gasteiger charge is -2.18. The van der Waals surface area contributed by atoms with E-state index in [9.17, 15) is 0 Å². The first-order chi connectivity index (χ1) is 14.2. The molecule has 1 heterocycles. The molecular weight excluding hydrogens is 493 g/mol. The molecule has 2 N–H and O–H groups in total. The number of aliphatic imine (C=N–C) groups is 1. The van der Waals surface area contributed by atoms with Crippen molar-refractivity contribution in [2.75, 3.05) is 20.7 Å². The summed E-state index contributed by atoms with van der Waals surface area (Å²) in [6.45, 7) is 3.18. The Hall–Kier alpha value is -2.75. The monoisotopic (exact) mass is 521 g/mol. The molecular formula is C22H28IN5O2. The zero-order valence-electron chi connectivity index (χ0n) is 17.4. The van der Waals surface area contributed by atoms with Crippen molar-refractivity contribution in [1.29, 1.82) is 0 Å². The van der Waals surface area contributed by atoms with Crippen molar-refractivity contribution in [2.45, 2.75) is 19.6 Å². The first-order valence-corrected chi connectivity index (χ1v) is 9.53. The third-order valence-electron chi connectivity index (χ3n) is 4.26. The first-order valence-electron chi connectivity index (χ1n) is 9.53. The number of rotatable bonds is 8. The molecule has 0 fully saturated rings. The molecule has 7 nitrogen and oxygen atoms in total. The quantitative estimate of drug-likeness (QED) is 0.269. The van der Waals surface area contributed by atoms with Crippen LogP contribution in [0.2, 0.25) is 0 Å². The van der Waals surface area contributed by atoms with E-state index >= 15 is 0 Å². The van der Waals surface area contributed by atoms with Crippen molar-refractivity contribution in [3.05, 3.63) is 72.6 Å². The number of aromatic nitrogens is 2. The maximum atomic E-state index is 5.93. The predicted molar refractivity (Wildman–Crippen MR) is 130 cm³/mol. The number of nitrogens with one attached hydrogen (secondary N) is 2. The summed E-state index contributed by atoms with van der Waals surface area (Å²) in [7, 11) is 3.38. The lowest BCUT2D eigenvalue weighted by Crippen LogP contribution is -2.41. The molecule has 0 aliphatic rings. The second-order valence-electron chi connectivity index (χ2n) is 6.50. The summed E-state index contributed by atoms with van der Waals surface area (Å²) in [5.41, 5.74) is 1.96. The van der Waals surface area contributed by atoms with E-state index in [4.69, 9.17) is 9.47 Å². The number of benzene rings is 2. The summed E-state index contributed by atoms with van der Waals surface area (Å²) >= 11 is 0. The molecule has 1 aromatic heterocycles. The normalized spacial score (nSPS) is 11.9. The van der Waals surface area contributed by atoms with Crippen LogP contribution in [0.3, 0.4) is 0 Å². The molecule has 0 spiro atoms. The van der Waals surface area contributed by atoms with Gasteiger partial charge in [0, 0.05) is 19.3 Å². The van der Waals surface area contributed by atoms with E-state index in [0.717, 1.165) is 22.9 Å². The van der Waals surface area contributed by atoms with Crippen molar-refractivity contribution < 1.29 is 9.47 Å². The van der Waals surface area contributed by atoms with E-state index in [1.165, 1.54) is 0 Å². The zero-order valence-corrected chi connectivity index (χ0v) is 19.7. The smallest absolute Gasteiger partial charge is 0.191 e. The summed E-state index contributed by atoms with van der Waals surface area (Å²) < 4.78 is 13.0. The summed E-state index contributed by atoms with van der Waals surface area (Å²) in [6, 6.07) is 19.6. The van der Waals surface area contributed by atoms with Crippen LogP contribution < -0.4 is 20.1 Å². The Morgan fingerprint density at radius 1 is 1.07 bits per heavy atom. The highest BCUT2D eigenvalue weighted by Gasteiger charge is 2.07. The lowest BCUT2D eigenvalue weighted by atomic mass is 10.3. The van der Waals surface area contributed by atoms with Gasteiger partial charge >= 0.3 is 0 Å². The molecule has 3 rings (SSSR count). The van der Waals surface area contributed by atoms with Gasteiger partial charge in [-0.2, -0.15) is 5.10 Å².